The first-order valence-corrected chi connectivity index (χ1v) is 12.5. The molecular weight excluding hydrogens is 456 g/mol. The number of para-hydroxylation sites is 1. The molecule has 2 heterocycles. The highest BCUT2D eigenvalue weighted by Gasteiger charge is 2.29. The van der Waals surface area contributed by atoms with E-state index in [-0.39, 0.29) is 17.8 Å². The Bertz CT molecular complexity index is 1140. The molecule has 1 aromatic heterocycles. The number of rotatable bonds is 10. The Kier molecular flexibility index (Phi) is 8.79. The minimum Gasteiger partial charge on any atom is -0.496 e. The molecule has 4 rings (SSSR count). The highest BCUT2D eigenvalue weighted by Crippen LogP contribution is 2.24. The van der Waals surface area contributed by atoms with Crippen LogP contribution in [0.2, 0.25) is 0 Å². The van der Waals surface area contributed by atoms with Gasteiger partial charge in [-0.3, -0.25) is 14.5 Å². The second-order valence-electron chi connectivity index (χ2n) is 9.03. The molecule has 1 fully saturated rings. The third-order valence-corrected chi connectivity index (χ3v) is 6.49. The average molecular weight is 491 g/mol. The van der Waals surface area contributed by atoms with Crippen LogP contribution in [0, 0.1) is 5.92 Å². The summed E-state index contributed by atoms with van der Waals surface area (Å²) < 4.78 is 16.7. The maximum atomic E-state index is 13.1. The van der Waals surface area contributed by atoms with E-state index >= 15 is 0 Å². The first-order chi connectivity index (χ1) is 17.6. The van der Waals surface area contributed by atoms with Crippen LogP contribution in [-0.4, -0.2) is 48.5 Å². The second kappa shape index (κ2) is 12.4. The van der Waals surface area contributed by atoms with Crippen molar-refractivity contribution < 1.29 is 23.5 Å². The van der Waals surface area contributed by atoms with Crippen molar-refractivity contribution in [3.05, 3.63) is 89.4 Å². The quantitative estimate of drug-likeness (QED) is 0.376. The molecule has 3 aromatic rings. The first-order valence-electron chi connectivity index (χ1n) is 12.5. The summed E-state index contributed by atoms with van der Waals surface area (Å²) in [6.07, 6.45) is 1.23. The molecule has 7 heteroatoms. The summed E-state index contributed by atoms with van der Waals surface area (Å²) in [6.45, 7) is 5.17. The monoisotopic (exact) mass is 490 g/mol. The van der Waals surface area contributed by atoms with Gasteiger partial charge < -0.3 is 18.8 Å². The van der Waals surface area contributed by atoms with E-state index in [1.807, 2.05) is 49.4 Å². The van der Waals surface area contributed by atoms with Crippen molar-refractivity contribution in [3.63, 3.8) is 0 Å². The Hall–Kier alpha value is -3.58. The number of esters is 1. The fraction of sp³-hybridized carbons (Fsp3) is 0.379. The van der Waals surface area contributed by atoms with Crippen LogP contribution in [0.4, 0.5) is 0 Å². The Balaban J connectivity index is 1.42. The van der Waals surface area contributed by atoms with Crippen molar-refractivity contribution in [2.45, 2.75) is 39.4 Å². The fourth-order valence-electron chi connectivity index (χ4n) is 4.62. The number of ether oxygens (including phenoxy) is 2. The van der Waals surface area contributed by atoms with Crippen LogP contribution in [0.15, 0.2) is 71.1 Å². The van der Waals surface area contributed by atoms with Crippen LogP contribution in [0.1, 0.15) is 47.2 Å². The molecule has 1 amide bonds. The molecule has 0 aliphatic carbocycles. The SMILES string of the molecule is CCOC(=O)C1CCN(C(=O)c2ccc(CN(Cc3ccccc3)Cc3ccccc3OC)o2)CC1. The zero-order valence-electron chi connectivity index (χ0n) is 21.0. The molecule has 7 nitrogen and oxygen atoms in total. The molecule has 36 heavy (non-hydrogen) atoms. The van der Waals surface area contributed by atoms with Gasteiger partial charge >= 0.3 is 5.97 Å². The van der Waals surface area contributed by atoms with Crippen LogP contribution in [0.3, 0.4) is 0 Å². The van der Waals surface area contributed by atoms with Gasteiger partial charge in [-0.1, -0.05) is 48.5 Å². The molecule has 0 saturated carbocycles. The number of piperidine rings is 1. The number of hydrogen-bond acceptors (Lipinski definition) is 6. The lowest BCUT2D eigenvalue weighted by atomic mass is 9.97. The fourth-order valence-corrected chi connectivity index (χ4v) is 4.62. The van der Waals surface area contributed by atoms with Gasteiger partial charge in [-0.05, 0) is 43.5 Å². The number of hydrogen-bond donors (Lipinski definition) is 0. The van der Waals surface area contributed by atoms with Gasteiger partial charge in [-0.25, -0.2) is 0 Å². The highest BCUT2D eigenvalue weighted by molar-refractivity contribution is 5.91. The minimum atomic E-state index is -0.168. The van der Waals surface area contributed by atoms with Crippen molar-refractivity contribution in [1.29, 1.82) is 0 Å². The van der Waals surface area contributed by atoms with Crippen LogP contribution in [0.25, 0.3) is 0 Å². The summed E-state index contributed by atoms with van der Waals surface area (Å²) in [5, 5.41) is 0. The molecular formula is C29H34N2O5. The van der Waals surface area contributed by atoms with Crippen molar-refractivity contribution >= 4 is 11.9 Å². The van der Waals surface area contributed by atoms with Gasteiger partial charge in [-0.2, -0.15) is 0 Å². The summed E-state index contributed by atoms with van der Waals surface area (Å²) >= 11 is 0. The van der Waals surface area contributed by atoms with Crippen molar-refractivity contribution in [2.24, 2.45) is 5.92 Å². The van der Waals surface area contributed by atoms with E-state index < -0.39 is 0 Å². The summed E-state index contributed by atoms with van der Waals surface area (Å²) in [4.78, 5) is 29.1. The third-order valence-electron chi connectivity index (χ3n) is 6.49. The van der Waals surface area contributed by atoms with E-state index in [2.05, 4.69) is 23.1 Å². The van der Waals surface area contributed by atoms with Gasteiger partial charge in [0.05, 0.1) is 26.2 Å². The van der Waals surface area contributed by atoms with Crippen molar-refractivity contribution in [3.8, 4) is 5.75 Å². The lowest BCUT2D eigenvalue weighted by Crippen LogP contribution is -2.40. The molecule has 0 spiro atoms. The molecule has 1 aliphatic heterocycles. The maximum absolute atomic E-state index is 13.1. The highest BCUT2D eigenvalue weighted by atomic mass is 16.5. The largest absolute Gasteiger partial charge is 0.496 e. The maximum Gasteiger partial charge on any atom is 0.309 e. The second-order valence-corrected chi connectivity index (χ2v) is 9.03. The van der Waals surface area contributed by atoms with Crippen LogP contribution >= 0.6 is 0 Å². The average Bonchev–Trinajstić information content (AvgIpc) is 3.38. The molecule has 0 radical (unpaired) electrons. The Labute approximate surface area is 212 Å². The topological polar surface area (TPSA) is 72.2 Å². The number of benzene rings is 2. The number of nitrogens with zero attached hydrogens (tertiary/aromatic N) is 2. The van der Waals surface area contributed by atoms with Gasteiger partial charge in [0.1, 0.15) is 11.5 Å². The number of amides is 1. The Morgan fingerprint density at radius 3 is 2.39 bits per heavy atom. The van der Waals surface area contributed by atoms with Crippen LogP contribution in [0.5, 0.6) is 5.75 Å². The van der Waals surface area contributed by atoms with Crippen LogP contribution in [-0.2, 0) is 29.2 Å². The molecule has 0 bridgehead atoms. The summed E-state index contributed by atoms with van der Waals surface area (Å²) in [5.41, 5.74) is 2.28. The van der Waals surface area contributed by atoms with Crippen LogP contribution < -0.4 is 4.74 Å². The predicted octanol–water partition coefficient (Wildman–Crippen LogP) is 4.91. The first kappa shape index (κ1) is 25.5. The Morgan fingerprint density at radius 1 is 0.944 bits per heavy atom. The zero-order chi connectivity index (χ0) is 25.3. The minimum absolute atomic E-state index is 0.136. The van der Waals surface area contributed by atoms with E-state index in [9.17, 15) is 9.59 Å². The van der Waals surface area contributed by atoms with Crippen molar-refractivity contribution in [2.75, 3.05) is 26.8 Å². The van der Waals surface area contributed by atoms with Gasteiger partial charge in [0.2, 0.25) is 0 Å². The zero-order valence-corrected chi connectivity index (χ0v) is 21.0. The molecule has 0 unspecified atom stereocenters. The molecule has 0 atom stereocenters. The van der Waals surface area contributed by atoms with Gasteiger partial charge in [0.25, 0.3) is 5.91 Å². The molecule has 1 aliphatic rings. The van der Waals surface area contributed by atoms with E-state index in [1.54, 1.807) is 18.1 Å². The number of likely N-dealkylation sites (tertiary alicyclic amines) is 1. The smallest absolute Gasteiger partial charge is 0.309 e. The number of carbonyl (C=O) groups excluding carboxylic acids is 2. The lowest BCUT2D eigenvalue weighted by molar-refractivity contribution is -0.149. The normalized spacial score (nSPS) is 14.1. The number of furan rings is 1. The summed E-state index contributed by atoms with van der Waals surface area (Å²) in [7, 11) is 1.68. The Morgan fingerprint density at radius 2 is 1.67 bits per heavy atom. The molecule has 0 N–H and O–H groups in total. The van der Waals surface area contributed by atoms with E-state index in [1.165, 1.54) is 5.56 Å². The number of carbonyl (C=O) groups is 2. The van der Waals surface area contributed by atoms with Gasteiger partial charge in [-0.15, -0.1) is 0 Å². The summed E-state index contributed by atoms with van der Waals surface area (Å²) in [6, 6.07) is 21.9. The van der Waals surface area contributed by atoms with Gasteiger partial charge in [0.15, 0.2) is 5.76 Å². The summed E-state index contributed by atoms with van der Waals surface area (Å²) in [5.74, 6) is 1.46. The van der Waals surface area contributed by atoms with E-state index in [4.69, 9.17) is 13.9 Å². The third kappa shape index (κ3) is 6.55. The van der Waals surface area contributed by atoms with E-state index in [0.717, 1.165) is 23.6 Å². The molecule has 190 valence electrons. The standard InChI is InChI=1S/C29H34N2O5/c1-3-35-29(33)23-15-17-31(18-16-23)28(32)27-14-13-25(36-27)21-30(19-22-9-5-4-6-10-22)20-24-11-7-8-12-26(24)34-2/h4-14,23H,3,15-21H2,1-2H3. The molecule has 1 saturated heterocycles. The molecule has 2 aromatic carbocycles. The lowest BCUT2D eigenvalue weighted by Gasteiger charge is -2.30. The van der Waals surface area contributed by atoms with E-state index in [0.29, 0.717) is 51.4 Å². The predicted molar refractivity (Wildman–Crippen MR) is 136 cm³/mol. The van der Waals surface area contributed by atoms with Crippen molar-refractivity contribution in [1.82, 2.24) is 9.80 Å². The van der Waals surface area contributed by atoms with Gasteiger partial charge in [0, 0.05) is 31.7 Å². The number of methoxy groups -OCH3 is 1.